The molecule has 0 bridgehead atoms. The fourth-order valence-corrected chi connectivity index (χ4v) is 3.40. The lowest BCUT2D eigenvalue weighted by atomic mass is 10.1. The van der Waals surface area contributed by atoms with Gasteiger partial charge in [0.15, 0.2) is 5.82 Å². The smallest absolute Gasteiger partial charge is 0.233 e. The average Bonchev–Trinajstić information content (AvgIpc) is 3.17. The summed E-state index contributed by atoms with van der Waals surface area (Å²) in [7, 11) is 0. The first kappa shape index (κ1) is 16.7. The number of nitrogens with zero attached hydrogens (tertiary/aromatic N) is 3. The maximum absolute atomic E-state index is 12.4. The number of carbonyl (C=O) groups excluding carboxylic acids is 2. The Hall–Kier alpha value is -2.18. The fraction of sp³-hybridized carbons (Fsp3) is 0.647. The summed E-state index contributed by atoms with van der Waals surface area (Å²) >= 11 is 0. The van der Waals surface area contributed by atoms with Crippen LogP contribution in [-0.4, -0.2) is 45.6 Å². The van der Waals surface area contributed by atoms with Gasteiger partial charge in [0.05, 0.1) is 12.0 Å². The third-order valence-electron chi connectivity index (χ3n) is 4.54. The molecule has 24 heavy (non-hydrogen) atoms. The molecular formula is C17H24N4O3. The van der Waals surface area contributed by atoms with E-state index in [1.165, 1.54) is 12.8 Å². The molecule has 0 radical (unpaired) electrons. The number of carbonyl (C=O) groups is 2. The molecule has 1 aromatic rings. The number of ether oxygens (including phenoxy) is 1. The van der Waals surface area contributed by atoms with Crippen LogP contribution in [0.1, 0.15) is 46.0 Å². The van der Waals surface area contributed by atoms with Gasteiger partial charge in [-0.05, 0) is 32.8 Å². The van der Waals surface area contributed by atoms with Crippen molar-refractivity contribution < 1.29 is 14.3 Å². The van der Waals surface area contributed by atoms with Crippen LogP contribution >= 0.6 is 0 Å². The summed E-state index contributed by atoms with van der Waals surface area (Å²) in [5, 5.41) is 10.6. The van der Waals surface area contributed by atoms with E-state index in [9.17, 15) is 9.59 Å². The minimum atomic E-state index is -0.313. The molecule has 7 heteroatoms. The van der Waals surface area contributed by atoms with Gasteiger partial charge in [-0.1, -0.05) is 12.8 Å². The molecule has 3 rings (SSSR count). The molecule has 1 N–H and O–H groups in total. The van der Waals surface area contributed by atoms with Crippen LogP contribution in [0.2, 0.25) is 0 Å². The van der Waals surface area contributed by atoms with Crippen LogP contribution in [0, 0.1) is 5.92 Å². The second-order valence-electron chi connectivity index (χ2n) is 6.80. The number of aromatic nitrogens is 2. The zero-order chi connectivity index (χ0) is 17.1. The summed E-state index contributed by atoms with van der Waals surface area (Å²) < 4.78 is 5.42. The highest BCUT2D eigenvalue weighted by Crippen LogP contribution is 2.29. The molecule has 1 saturated heterocycles. The van der Waals surface area contributed by atoms with Crippen molar-refractivity contribution in [1.82, 2.24) is 15.1 Å². The predicted octanol–water partition coefficient (Wildman–Crippen LogP) is 1.99. The number of amides is 2. The molecule has 0 unspecified atom stereocenters. The lowest BCUT2D eigenvalue weighted by Crippen LogP contribution is -2.35. The van der Waals surface area contributed by atoms with Gasteiger partial charge in [0.25, 0.3) is 0 Å². The second kappa shape index (κ2) is 7.15. The Labute approximate surface area is 141 Å². The Bertz CT molecular complexity index is 596. The standard InChI is InChI=1S/C17H24N4O3/c1-11(2)24-15-8-7-14(19-20-15)18-17(23)12-9-16(22)21(10-12)13-5-3-4-6-13/h7-8,11-13H,3-6,9-10H2,1-2H3,(H,18,19,23)/t12-/m1/s1. The van der Waals surface area contributed by atoms with Gasteiger partial charge in [0, 0.05) is 25.1 Å². The summed E-state index contributed by atoms with van der Waals surface area (Å²) in [5.41, 5.74) is 0. The number of hydrogen-bond donors (Lipinski definition) is 1. The molecule has 130 valence electrons. The van der Waals surface area contributed by atoms with Crippen LogP contribution in [0.15, 0.2) is 12.1 Å². The highest BCUT2D eigenvalue weighted by Gasteiger charge is 2.38. The molecule has 1 aliphatic carbocycles. The van der Waals surface area contributed by atoms with Crippen molar-refractivity contribution in [3.63, 3.8) is 0 Å². The molecule has 0 aromatic carbocycles. The lowest BCUT2D eigenvalue weighted by Gasteiger charge is -2.23. The Balaban J connectivity index is 1.56. The molecule has 1 aromatic heterocycles. The third-order valence-corrected chi connectivity index (χ3v) is 4.54. The van der Waals surface area contributed by atoms with Gasteiger partial charge in [-0.15, -0.1) is 10.2 Å². The Morgan fingerprint density at radius 2 is 2.04 bits per heavy atom. The van der Waals surface area contributed by atoms with Crippen LogP contribution in [0.3, 0.4) is 0 Å². The van der Waals surface area contributed by atoms with Crippen molar-refractivity contribution in [2.45, 2.75) is 58.1 Å². The number of anilines is 1. The number of hydrogen-bond acceptors (Lipinski definition) is 5. The van der Waals surface area contributed by atoms with Gasteiger partial charge in [0.2, 0.25) is 17.7 Å². The van der Waals surface area contributed by atoms with Gasteiger partial charge in [-0.3, -0.25) is 9.59 Å². The second-order valence-corrected chi connectivity index (χ2v) is 6.80. The van der Waals surface area contributed by atoms with E-state index in [1.807, 2.05) is 18.7 Å². The summed E-state index contributed by atoms with van der Waals surface area (Å²) in [4.78, 5) is 26.5. The summed E-state index contributed by atoms with van der Waals surface area (Å²) in [6.07, 6.45) is 4.76. The molecule has 0 spiro atoms. The largest absolute Gasteiger partial charge is 0.474 e. The van der Waals surface area contributed by atoms with Crippen molar-refractivity contribution in [2.24, 2.45) is 5.92 Å². The molecule has 1 aliphatic heterocycles. The topological polar surface area (TPSA) is 84.4 Å². The van der Waals surface area contributed by atoms with Crippen LogP contribution in [0.4, 0.5) is 5.82 Å². The molecule has 2 aliphatic rings. The quantitative estimate of drug-likeness (QED) is 0.891. The summed E-state index contributed by atoms with van der Waals surface area (Å²) in [6.45, 7) is 4.33. The predicted molar refractivity (Wildman–Crippen MR) is 88.5 cm³/mol. The monoisotopic (exact) mass is 332 g/mol. The minimum absolute atomic E-state index is 0.0193. The van der Waals surface area contributed by atoms with Crippen molar-refractivity contribution in [3.8, 4) is 5.88 Å². The van der Waals surface area contributed by atoms with E-state index in [1.54, 1.807) is 12.1 Å². The number of nitrogens with one attached hydrogen (secondary N) is 1. The van der Waals surface area contributed by atoms with E-state index in [-0.39, 0.29) is 30.3 Å². The number of rotatable bonds is 5. The molecule has 1 atom stereocenters. The van der Waals surface area contributed by atoms with Crippen LogP contribution in [-0.2, 0) is 9.59 Å². The van der Waals surface area contributed by atoms with E-state index in [4.69, 9.17) is 4.74 Å². The van der Waals surface area contributed by atoms with Gasteiger partial charge in [0.1, 0.15) is 0 Å². The van der Waals surface area contributed by atoms with Gasteiger partial charge < -0.3 is 15.0 Å². The first-order chi connectivity index (χ1) is 11.5. The van der Waals surface area contributed by atoms with Crippen LogP contribution in [0.25, 0.3) is 0 Å². The fourth-order valence-electron chi connectivity index (χ4n) is 3.40. The van der Waals surface area contributed by atoms with Gasteiger partial charge in [-0.2, -0.15) is 0 Å². The van der Waals surface area contributed by atoms with Crippen LogP contribution < -0.4 is 10.1 Å². The first-order valence-electron chi connectivity index (χ1n) is 8.63. The molecule has 2 fully saturated rings. The van der Waals surface area contributed by atoms with Crippen molar-refractivity contribution >= 4 is 17.6 Å². The van der Waals surface area contributed by atoms with E-state index in [0.29, 0.717) is 24.3 Å². The number of likely N-dealkylation sites (tertiary alicyclic amines) is 1. The SMILES string of the molecule is CC(C)Oc1ccc(NC(=O)[C@@H]2CC(=O)N(C3CCCC3)C2)nn1. The maximum atomic E-state index is 12.4. The van der Waals surface area contributed by atoms with Gasteiger partial charge in [-0.25, -0.2) is 0 Å². The Kier molecular flexibility index (Phi) is 4.97. The molecular weight excluding hydrogens is 308 g/mol. The highest BCUT2D eigenvalue weighted by molar-refractivity contribution is 5.96. The Morgan fingerprint density at radius 3 is 2.67 bits per heavy atom. The summed E-state index contributed by atoms with van der Waals surface area (Å²) in [6, 6.07) is 3.66. The molecule has 1 saturated carbocycles. The van der Waals surface area contributed by atoms with Gasteiger partial charge >= 0.3 is 0 Å². The average molecular weight is 332 g/mol. The highest BCUT2D eigenvalue weighted by atomic mass is 16.5. The molecule has 2 heterocycles. The first-order valence-corrected chi connectivity index (χ1v) is 8.63. The van der Waals surface area contributed by atoms with E-state index >= 15 is 0 Å². The third kappa shape index (κ3) is 3.83. The normalized spacial score (nSPS) is 21.5. The minimum Gasteiger partial charge on any atom is -0.474 e. The van der Waals surface area contributed by atoms with E-state index in [0.717, 1.165) is 12.8 Å². The van der Waals surface area contributed by atoms with Crippen molar-refractivity contribution in [1.29, 1.82) is 0 Å². The lowest BCUT2D eigenvalue weighted by molar-refractivity contribution is -0.129. The summed E-state index contributed by atoms with van der Waals surface area (Å²) in [5.74, 6) is 0.408. The zero-order valence-corrected chi connectivity index (χ0v) is 14.2. The molecule has 7 nitrogen and oxygen atoms in total. The maximum Gasteiger partial charge on any atom is 0.233 e. The van der Waals surface area contributed by atoms with Crippen molar-refractivity contribution in [2.75, 3.05) is 11.9 Å². The molecule has 2 amide bonds. The van der Waals surface area contributed by atoms with E-state index in [2.05, 4.69) is 15.5 Å². The zero-order valence-electron chi connectivity index (χ0n) is 14.2. The van der Waals surface area contributed by atoms with Crippen LogP contribution in [0.5, 0.6) is 5.88 Å². The Morgan fingerprint density at radius 1 is 1.29 bits per heavy atom. The van der Waals surface area contributed by atoms with E-state index < -0.39 is 0 Å². The van der Waals surface area contributed by atoms with Crippen molar-refractivity contribution in [3.05, 3.63) is 12.1 Å².